The van der Waals surface area contributed by atoms with Gasteiger partial charge in [0.1, 0.15) is 0 Å². The van der Waals surface area contributed by atoms with E-state index in [1.807, 2.05) is 6.08 Å². The molecule has 1 aliphatic carbocycles. The van der Waals surface area contributed by atoms with Crippen molar-refractivity contribution in [2.45, 2.75) is 25.3 Å². The molecule has 0 aromatic rings. The maximum atomic E-state index is 11.2. The second-order valence-corrected chi connectivity index (χ2v) is 3.38. The SMILES string of the molecule is COC(=O)N(C)C1CCC=CC(=O)C1. The lowest BCUT2D eigenvalue weighted by Gasteiger charge is -2.24. The highest BCUT2D eigenvalue weighted by Crippen LogP contribution is 2.15. The Kier molecular flexibility index (Phi) is 3.68. The van der Waals surface area contributed by atoms with Crippen LogP contribution in [-0.4, -0.2) is 37.0 Å². The molecule has 0 saturated heterocycles. The fraction of sp³-hybridized carbons (Fsp3) is 0.600. The van der Waals surface area contributed by atoms with Crippen LogP contribution in [0.4, 0.5) is 4.79 Å². The van der Waals surface area contributed by atoms with Crippen LogP contribution in [0, 0.1) is 0 Å². The van der Waals surface area contributed by atoms with Crippen LogP contribution in [0.2, 0.25) is 0 Å². The average molecular weight is 197 g/mol. The quantitative estimate of drug-likeness (QED) is 0.637. The molecule has 4 heteroatoms. The Bertz CT molecular complexity index is 260. The standard InChI is InChI=1S/C10H15NO3/c1-11(10(13)14-2)8-5-3-4-6-9(12)7-8/h4,6,8H,3,5,7H2,1-2H3. The number of ether oxygens (including phenoxy) is 1. The summed E-state index contributed by atoms with van der Waals surface area (Å²) in [5, 5.41) is 0. The van der Waals surface area contributed by atoms with Crippen LogP contribution < -0.4 is 0 Å². The van der Waals surface area contributed by atoms with E-state index in [-0.39, 0.29) is 17.9 Å². The molecule has 0 aromatic carbocycles. The van der Waals surface area contributed by atoms with Crippen molar-refractivity contribution in [2.24, 2.45) is 0 Å². The molecule has 1 aliphatic rings. The summed E-state index contributed by atoms with van der Waals surface area (Å²) in [4.78, 5) is 23.9. The van der Waals surface area contributed by atoms with E-state index >= 15 is 0 Å². The third kappa shape index (κ3) is 2.58. The second-order valence-electron chi connectivity index (χ2n) is 3.38. The van der Waals surface area contributed by atoms with Crippen molar-refractivity contribution in [3.8, 4) is 0 Å². The van der Waals surface area contributed by atoms with Crippen molar-refractivity contribution in [3.05, 3.63) is 12.2 Å². The molecular formula is C10H15NO3. The lowest BCUT2D eigenvalue weighted by molar-refractivity contribution is -0.115. The fourth-order valence-corrected chi connectivity index (χ4v) is 1.53. The zero-order chi connectivity index (χ0) is 10.6. The van der Waals surface area contributed by atoms with Crippen LogP contribution in [0.3, 0.4) is 0 Å². The molecule has 1 unspecified atom stereocenters. The topological polar surface area (TPSA) is 46.6 Å². The van der Waals surface area contributed by atoms with Crippen LogP contribution in [0.25, 0.3) is 0 Å². The summed E-state index contributed by atoms with van der Waals surface area (Å²) in [5.74, 6) is 0.0725. The van der Waals surface area contributed by atoms with E-state index in [2.05, 4.69) is 4.74 Å². The van der Waals surface area contributed by atoms with E-state index in [9.17, 15) is 9.59 Å². The van der Waals surface area contributed by atoms with Gasteiger partial charge < -0.3 is 9.64 Å². The first-order valence-electron chi connectivity index (χ1n) is 4.65. The fourth-order valence-electron chi connectivity index (χ4n) is 1.53. The number of hydrogen-bond acceptors (Lipinski definition) is 3. The number of hydrogen-bond donors (Lipinski definition) is 0. The van der Waals surface area contributed by atoms with Crippen LogP contribution >= 0.6 is 0 Å². The summed E-state index contributed by atoms with van der Waals surface area (Å²) in [6, 6.07) is -0.0371. The Morgan fingerprint density at radius 3 is 3.00 bits per heavy atom. The van der Waals surface area contributed by atoms with E-state index in [0.29, 0.717) is 6.42 Å². The van der Waals surface area contributed by atoms with Gasteiger partial charge in [-0.3, -0.25) is 4.79 Å². The molecule has 0 heterocycles. The van der Waals surface area contributed by atoms with Gasteiger partial charge in [0.25, 0.3) is 0 Å². The summed E-state index contributed by atoms with van der Waals surface area (Å²) in [7, 11) is 3.00. The van der Waals surface area contributed by atoms with Crippen molar-refractivity contribution < 1.29 is 14.3 Å². The Morgan fingerprint density at radius 1 is 1.64 bits per heavy atom. The van der Waals surface area contributed by atoms with Gasteiger partial charge in [-0.05, 0) is 18.9 Å². The van der Waals surface area contributed by atoms with Gasteiger partial charge in [0.2, 0.25) is 0 Å². The predicted octanol–water partition coefficient (Wildman–Crippen LogP) is 1.36. The van der Waals surface area contributed by atoms with E-state index in [4.69, 9.17) is 0 Å². The number of amides is 1. The minimum absolute atomic E-state index is 0.0371. The number of allylic oxidation sites excluding steroid dienone is 2. The van der Waals surface area contributed by atoms with Gasteiger partial charge in [0, 0.05) is 19.5 Å². The Morgan fingerprint density at radius 2 is 2.36 bits per heavy atom. The first-order chi connectivity index (χ1) is 6.65. The monoisotopic (exact) mass is 197 g/mol. The van der Waals surface area contributed by atoms with E-state index in [0.717, 1.165) is 12.8 Å². The zero-order valence-corrected chi connectivity index (χ0v) is 8.53. The highest BCUT2D eigenvalue weighted by atomic mass is 16.5. The molecule has 0 aliphatic heterocycles. The lowest BCUT2D eigenvalue weighted by Crippen LogP contribution is -2.37. The second kappa shape index (κ2) is 4.79. The minimum atomic E-state index is -0.385. The highest BCUT2D eigenvalue weighted by Gasteiger charge is 2.22. The highest BCUT2D eigenvalue weighted by molar-refractivity contribution is 5.90. The van der Waals surface area contributed by atoms with Crippen LogP contribution in [-0.2, 0) is 9.53 Å². The van der Waals surface area contributed by atoms with Crippen molar-refractivity contribution in [1.82, 2.24) is 4.90 Å². The molecule has 4 nitrogen and oxygen atoms in total. The summed E-state index contributed by atoms with van der Waals surface area (Å²) in [5.41, 5.74) is 0. The Hall–Kier alpha value is -1.32. The molecule has 1 atom stereocenters. The third-order valence-electron chi connectivity index (χ3n) is 2.42. The van der Waals surface area contributed by atoms with Crippen molar-refractivity contribution in [1.29, 1.82) is 0 Å². The van der Waals surface area contributed by atoms with Crippen LogP contribution in [0.5, 0.6) is 0 Å². The number of rotatable bonds is 1. The molecule has 0 bridgehead atoms. The molecule has 1 rings (SSSR count). The van der Waals surface area contributed by atoms with Crippen LogP contribution in [0.15, 0.2) is 12.2 Å². The Balaban J connectivity index is 2.59. The van der Waals surface area contributed by atoms with Gasteiger partial charge in [-0.25, -0.2) is 4.79 Å². The molecule has 0 fully saturated rings. The van der Waals surface area contributed by atoms with Crippen molar-refractivity contribution in [3.63, 3.8) is 0 Å². The Labute approximate surface area is 83.5 Å². The summed E-state index contributed by atoms with van der Waals surface area (Å²) in [6.07, 6.45) is 5.09. The lowest BCUT2D eigenvalue weighted by atomic mass is 10.1. The normalized spacial score (nSPS) is 21.6. The number of nitrogens with zero attached hydrogens (tertiary/aromatic N) is 1. The van der Waals surface area contributed by atoms with Gasteiger partial charge in [0.15, 0.2) is 5.78 Å². The van der Waals surface area contributed by atoms with Crippen molar-refractivity contribution in [2.75, 3.05) is 14.2 Å². The van der Waals surface area contributed by atoms with Gasteiger partial charge >= 0.3 is 6.09 Å². The summed E-state index contributed by atoms with van der Waals surface area (Å²) in [6.45, 7) is 0. The molecular weight excluding hydrogens is 182 g/mol. The number of methoxy groups -OCH3 is 1. The van der Waals surface area contributed by atoms with E-state index in [1.165, 1.54) is 12.0 Å². The largest absolute Gasteiger partial charge is 0.453 e. The summed E-state index contributed by atoms with van der Waals surface area (Å²) < 4.78 is 4.60. The summed E-state index contributed by atoms with van der Waals surface area (Å²) >= 11 is 0. The van der Waals surface area contributed by atoms with Crippen LogP contribution in [0.1, 0.15) is 19.3 Å². The predicted molar refractivity (Wildman–Crippen MR) is 52.0 cm³/mol. The molecule has 0 spiro atoms. The van der Waals surface area contributed by atoms with E-state index in [1.54, 1.807) is 13.1 Å². The minimum Gasteiger partial charge on any atom is -0.453 e. The first-order valence-corrected chi connectivity index (χ1v) is 4.65. The zero-order valence-electron chi connectivity index (χ0n) is 8.53. The number of carbonyl (C=O) groups excluding carboxylic acids is 2. The molecule has 14 heavy (non-hydrogen) atoms. The molecule has 0 saturated carbocycles. The third-order valence-corrected chi connectivity index (χ3v) is 2.42. The van der Waals surface area contributed by atoms with Gasteiger partial charge in [-0.2, -0.15) is 0 Å². The smallest absolute Gasteiger partial charge is 0.409 e. The van der Waals surface area contributed by atoms with Gasteiger partial charge in [-0.1, -0.05) is 6.08 Å². The molecule has 0 aromatic heterocycles. The number of ketones is 1. The van der Waals surface area contributed by atoms with Gasteiger partial charge in [-0.15, -0.1) is 0 Å². The van der Waals surface area contributed by atoms with Gasteiger partial charge in [0.05, 0.1) is 7.11 Å². The molecule has 0 radical (unpaired) electrons. The molecule has 0 N–H and O–H groups in total. The average Bonchev–Trinajstić information content (AvgIpc) is 2.40. The van der Waals surface area contributed by atoms with Crippen molar-refractivity contribution >= 4 is 11.9 Å². The van der Waals surface area contributed by atoms with E-state index < -0.39 is 0 Å². The molecule has 78 valence electrons. The maximum Gasteiger partial charge on any atom is 0.409 e. The first kappa shape index (κ1) is 10.8. The maximum absolute atomic E-state index is 11.2. The molecule has 1 amide bonds. The number of carbonyl (C=O) groups is 2.